The van der Waals surface area contributed by atoms with Gasteiger partial charge in [-0.05, 0) is 18.9 Å². The van der Waals surface area contributed by atoms with Gasteiger partial charge in [-0.1, -0.05) is 35.5 Å². The molecule has 6 heteroatoms. The Morgan fingerprint density at radius 3 is 2.84 bits per heavy atom. The average molecular weight is 259 g/mol. The summed E-state index contributed by atoms with van der Waals surface area (Å²) in [4.78, 5) is 8.17. The molecule has 0 fully saturated rings. The Bertz CT molecular complexity index is 535. The zero-order chi connectivity index (χ0) is 13.5. The van der Waals surface area contributed by atoms with Crippen LogP contribution < -0.4 is 11.1 Å². The Morgan fingerprint density at radius 2 is 2.16 bits per heavy atom. The standard InChI is InChI=1S/C13H17N5O/c1-10-17-12(19-18-10)9-16-13(14)15-8-7-11-5-3-2-4-6-11/h2-6H,7-9H2,1H3,(H3,14,15,16). The summed E-state index contributed by atoms with van der Waals surface area (Å²) in [7, 11) is 0. The molecule has 2 aromatic rings. The third kappa shape index (κ3) is 4.42. The van der Waals surface area contributed by atoms with Gasteiger partial charge in [0, 0.05) is 6.54 Å². The number of aryl methyl sites for hydroxylation is 1. The maximum atomic E-state index is 5.74. The first-order chi connectivity index (χ1) is 9.24. The monoisotopic (exact) mass is 259 g/mol. The third-order valence-corrected chi connectivity index (χ3v) is 2.52. The average Bonchev–Trinajstić information content (AvgIpc) is 2.83. The molecule has 6 nitrogen and oxygen atoms in total. The number of aliphatic imine (C=N–C) groups is 1. The van der Waals surface area contributed by atoms with Gasteiger partial charge in [-0.2, -0.15) is 4.98 Å². The lowest BCUT2D eigenvalue weighted by atomic mass is 10.1. The van der Waals surface area contributed by atoms with Crippen LogP contribution in [0.5, 0.6) is 0 Å². The number of nitrogens with zero attached hydrogens (tertiary/aromatic N) is 3. The van der Waals surface area contributed by atoms with E-state index in [0.29, 0.717) is 24.2 Å². The summed E-state index contributed by atoms with van der Waals surface area (Å²) in [6.45, 7) is 2.80. The highest BCUT2D eigenvalue weighted by molar-refractivity contribution is 5.77. The number of nitrogens with two attached hydrogens (primary N) is 1. The first kappa shape index (κ1) is 13.1. The predicted octanol–water partition coefficient (Wildman–Crippen LogP) is 1.03. The molecule has 0 aliphatic rings. The fraction of sp³-hybridized carbons (Fsp3) is 0.308. The first-order valence-corrected chi connectivity index (χ1v) is 6.11. The highest BCUT2D eigenvalue weighted by Gasteiger charge is 2.01. The molecule has 19 heavy (non-hydrogen) atoms. The lowest BCUT2D eigenvalue weighted by molar-refractivity contribution is 0.376. The number of hydrogen-bond donors (Lipinski definition) is 2. The van der Waals surface area contributed by atoms with Gasteiger partial charge in [-0.25, -0.2) is 4.99 Å². The lowest BCUT2D eigenvalue weighted by Gasteiger charge is -2.04. The van der Waals surface area contributed by atoms with Crippen molar-refractivity contribution < 1.29 is 4.52 Å². The van der Waals surface area contributed by atoms with Crippen molar-refractivity contribution >= 4 is 5.96 Å². The summed E-state index contributed by atoms with van der Waals surface area (Å²) >= 11 is 0. The second kappa shape index (κ2) is 6.53. The van der Waals surface area contributed by atoms with E-state index in [-0.39, 0.29) is 0 Å². The van der Waals surface area contributed by atoms with E-state index < -0.39 is 0 Å². The van der Waals surface area contributed by atoms with Crippen LogP contribution in [0.3, 0.4) is 0 Å². The van der Waals surface area contributed by atoms with E-state index in [0.717, 1.165) is 13.0 Å². The summed E-state index contributed by atoms with van der Waals surface area (Å²) < 4.78 is 4.94. The predicted molar refractivity (Wildman–Crippen MR) is 72.5 cm³/mol. The molecule has 0 amide bonds. The smallest absolute Gasteiger partial charge is 0.248 e. The van der Waals surface area contributed by atoms with Gasteiger partial charge in [0.2, 0.25) is 5.89 Å². The van der Waals surface area contributed by atoms with E-state index in [1.807, 2.05) is 18.2 Å². The molecule has 3 N–H and O–H groups in total. The molecule has 0 unspecified atom stereocenters. The zero-order valence-corrected chi connectivity index (χ0v) is 10.8. The van der Waals surface area contributed by atoms with Gasteiger partial charge in [0.15, 0.2) is 11.8 Å². The molecule has 0 bridgehead atoms. The molecule has 0 saturated carbocycles. The van der Waals surface area contributed by atoms with Gasteiger partial charge in [-0.15, -0.1) is 0 Å². The summed E-state index contributed by atoms with van der Waals surface area (Å²) in [6.07, 6.45) is 0.900. The molecule has 1 heterocycles. The molecule has 1 aromatic carbocycles. The van der Waals surface area contributed by atoms with Gasteiger partial charge in [0.25, 0.3) is 0 Å². The van der Waals surface area contributed by atoms with E-state index in [9.17, 15) is 0 Å². The summed E-state index contributed by atoms with van der Waals surface area (Å²) in [6, 6.07) is 10.2. The molecule has 2 rings (SSSR count). The van der Waals surface area contributed by atoms with Crippen molar-refractivity contribution in [1.29, 1.82) is 0 Å². The molecule has 100 valence electrons. The van der Waals surface area contributed by atoms with Crippen molar-refractivity contribution in [3.8, 4) is 0 Å². The number of nitrogens with one attached hydrogen (secondary N) is 1. The first-order valence-electron chi connectivity index (χ1n) is 6.11. The fourth-order valence-corrected chi connectivity index (χ4v) is 1.59. The lowest BCUT2D eigenvalue weighted by Crippen LogP contribution is -2.33. The van der Waals surface area contributed by atoms with Crippen molar-refractivity contribution in [2.75, 3.05) is 6.54 Å². The molecule has 1 aromatic heterocycles. The Labute approximate surface area is 111 Å². The topological polar surface area (TPSA) is 89.3 Å². The number of hydrogen-bond acceptors (Lipinski definition) is 4. The maximum absolute atomic E-state index is 5.74. The number of rotatable bonds is 5. The number of benzene rings is 1. The fourth-order valence-electron chi connectivity index (χ4n) is 1.59. The molecule has 0 atom stereocenters. The Balaban J connectivity index is 1.73. The van der Waals surface area contributed by atoms with E-state index in [4.69, 9.17) is 10.3 Å². The zero-order valence-electron chi connectivity index (χ0n) is 10.8. The minimum Gasteiger partial charge on any atom is -0.370 e. The van der Waals surface area contributed by atoms with Crippen molar-refractivity contribution in [3.05, 3.63) is 47.6 Å². The van der Waals surface area contributed by atoms with Crippen molar-refractivity contribution in [2.45, 2.75) is 19.9 Å². The van der Waals surface area contributed by atoms with Crippen molar-refractivity contribution in [3.63, 3.8) is 0 Å². The van der Waals surface area contributed by atoms with Crippen LogP contribution in [-0.4, -0.2) is 22.6 Å². The van der Waals surface area contributed by atoms with Crippen LogP contribution in [-0.2, 0) is 13.0 Å². The number of guanidine groups is 1. The van der Waals surface area contributed by atoms with Crippen LogP contribution in [0.15, 0.2) is 39.8 Å². The normalized spacial score (nSPS) is 11.5. The highest BCUT2D eigenvalue weighted by atomic mass is 16.5. The van der Waals surface area contributed by atoms with Crippen LogP contribution >= 0.6 is 0 Å². The molecule has 0 radical (unpaired) electrons. The van der Waals surface area contributed by atoms with Crippen LogP contribution in [0.25, 0.3) is 0 Å². The van der Waals surface area contributed by atoms with Crippen LogP contribution in [0.2, 0.25) is 0 Å². The molecule has 0 spiro atoms. The van der Waals surface area contributed by atoms with Gasteiger partial charge < -0.3 is 15.6 Å². The molecule has 0 aliphatic carbocycles. The van der Waals surface area contributed by atoms with Gasteiger partial charge >= 0.3 is 0 Å². The summed E-state index contributed by atoms with van der Waals surface area (Å²) in [5, 5.41) is 6.73. The highest BCUT2D eigenvalue weighted by Crippen LogP contribution is 1.99. The van der Waals surface area contributed by atoms with E-state index in [1.165, 1.54) is 5.56 Å². The Hall–Kier alpha value is -2.37. The van der Waals surface area contributed by atoms with Gasteiger partial charge in [-0.3, -0.25) is 0 Å². The van der Waals surface area contributed by atoms with Crippen molar-refractivity contribution in [2.24, 2.45) is 10.7 Å². The second-order valence-corrected chi connectivity index (χ2v) is 4.10. The Morgan fingerprint density at radius 1 is 1.37 bits per heavy atom. The molecule has 0 aliphatic heterocycles. The summed E-state index contributed by atoms with van der Waals surface area (Å²) in [5.74, 6) is 1.44. The maximum Gasteiger partial charge on any atom is 0.248 e. The van der Waals surface area contributed by atoms with Gasteiger partial charge in [0.1, 0.15) is 6.54 Å². The van der Waals surface area contributed by atoms with Crippen LogP contribution in [0.1, 0.15) is 17.3 Å². The minimum absolute atomic E-state index is 0.297. The van der Waals surface area contributed by atoms with E-state index in [2.05, 4.69) is 32.6 Å². The summed E-state index contributed by atoms with van der Waals surface area (Å²) in [5.41, 5.74) is 7.00. The second-order valence-electron chi connectivity index (χ2n) is 4.10. The SMILES string of the molecule is Cc1noc(CN=C(N)NCCc2ccccc2)n1. The minimum atomic E-state index is 0.297. The van der Waals surface area contributed by atoms with Crippen LogP contribution in [0.4, 0.5) is 0 Å². The van der Waals surface area contributed by atoms with E-state index in [1.54, 1.807) is 6.92 Å². The molecular weight excluding hydrogens is 242 g/mol. The third-order valence-electron chi connectivity index (χ3n) is 2.52. The van der Waals surface area contributed by atoms with Gasteiger partial charge in [0.05, 0.1) is 0 Å². The quantitative estimate of drug-likeness (QED) is 0.618. The Kier molecular flexibility index (Phi) is 4.49. The molecular formula is C13H17N5O. The van der Waals surface area contributed by atoms with Crippen LogP contribution in [0, 0.1) is 6.92 Å². The molecule has 0 saturated heterocycles. The number of aromatic nitrogens is 2. The largest absolute Gasteiger partial charge is 0.370 e. The van der Waals surface area contributed by atoms with Crippen molar-refractivity contribution in [1.82, 2.24) is 15.5 Å². The van der Waals surface area contributed by atoms with E-state index >= 15 is 0 Å².